The second-order valence-corrected chi connectivity index (χ2v) is 7.51. The topological polar surface area (TPSA) is 17.4 Å². The molecule has 3 nitrogen and oxygen atoms in total. The third-order valence-electron chi connectivity index (χ3n) is 5.00. The molecule has 0 unspecified atom stereocenters. The molecule has 2 heterocycles. The molecule has 1 aromatic heterocycles. The second kappa shape index (κ2) is 7.55. The van der Waals surface area contributed by atoms with E-state index in [2.05, 4.69) is 21.6 Å². The number of aromatic nitrogens is 1. The fourth-order valence-electron chi connectivity index (χ4n) is 3.72. The van der Waals surface area contributed by atoms with Crippen molar-refractivity contribution in [2.24, 2.45) is 0 Å². The fraction of sp³-hybridized carbons (Fsp3) is 0.400. The Morgan fingerprint density at radius 1 is 0.800 bits per heavy atom. The number of unbranched alkanes of at least 4 members (excludes halogenated alkanes) is 1. The molecule has 4 rings (SSSR count). The Balaban J connectivity index is 1.55. The molecule has 132 valence electrons. The number of hydrogen-bond acceptors (Lipinski definition) is 2. The number of nitrogens with zero attached hydrogens (tertiary/aromatic N) is 2. The number of fused-ring (bicyclic) bond motifs is 3. The van der Waals surface area contributed by atoms with Crippen LogP contribution in [-0.4, -0.2) is 42.3 Å². The smallest absolute Gasteiger partial charge is 0.0594 e. The van der Waals surface area contributed by atoms with Crippen molar-refractivity contribution in [2.45, 2.75) is 19.4 Å². The highest BCUT2D eigenvalue weighted by Gasteiger charge is 2.12. The first kappa shape index (κ1) is 17.2. The maximum atomic E-state index is 6.22. The Hall–Kier alpha value is -1.26. The van der Waals surface area contributed by atoms with Gasteiger partial charge in [0, 0.05) is 51.5 Å². The number of ether oxygens (including phenoxy) is 1. The Kier molecular flexibility index (Phi) is 5.18. The Morgan fingerprint density at radius 2 is 1.36 bits per heavy atom. The van der Waals surface area contributed by atoms with Gasteiger partial charge in [0.05, 0.1) is 13.2 Å². The van der Waals surface area contributed by atoms with Crippen LogP contribution >= 0.6 is 23.2 Å². The van der Waals surface area contributed by atoms with Crippen molar-refractivity contribution in [3.8, 4) is 0 Å². The minimum atomic E-state index is 0.763. The zero-order valence-corrected chi connectivity index (χ0v) is 15.7. The number of aryl methyl sites for hydroxylation is 1. The molecule has 1 aliphatic heterocycles. The predicted octanol–water partition coefficient (Wildman–Crippen LogP) is 5.21. The van der Waals surface area contributed by atoms with Crippen molar-refractivity contribution in [1.29, 1.82) is 0 Å². The molecular weight excluding hydrogens is 355 g/mol. The lowest BCUT2D eigenvalue weighted by molar-refractivity contribution is 0.0371. The molecule has 3 aromatic rings. The van der Waals surface area contributed by atoms with Gasteiger partial charge in [-0.3, -0.25) is 4.90 Å². The largest absolute Gasteiger partial charge is 0.379 e. The number of benzene rings is 2. The number of hydrogen-bond donors (Lipinski definition) is 0. The van der Waals surface area contributed by atoms with E-state index in [0.717, 1.165) is 55.9 Å². The summed E-state index contributed by atoms with van der Waals surface area (Å²) in [6, 6.07) is 12.3. The van der Waals surface area contributed by atoms with Crippen LogP contribution in [0.15, 0.2) is 36.4 Å². The van der Waals surface area contributed by atoms with E-state index in [4.69, 9.17) is 27.9 Å². The molecule has 0 bridgehead atoms. The third-order valence-corrected chi connectivity index (χ3v) is 5.47. The molecule has 1 fully saturated rings. The Morgan fingerprint density at radius 3 is 1.96 bits per heavy atom. The quantitative estimate of drug-likeness (QED) is 0.568. The second-order valence-electron chi connectivity index (χ2n) is 6.64. The summed E-state index contributed by atoms with van der Waals surface area (Å²) in [4.78, 5) is 2.49. The van der Waals surface area contributed by atoms with Crippen LogP contribution < -0.4 is 0 Å². The minimum Gasteiger partial charge on any atom is -0.379 e. The molecular formula is C20H22Cl2N2O. The van der Waals surface area contributed by atoms with Gasteiger partial charge in [-0.15, -0.1) is 0 Å². The van der Waals surface area contributed by atoms with Crippen LogP contribution in [0, 0.1) is 0 Å². The van der Waals surface area contributed by atoms with Crippen LogP contribution in [0.1, 0.15) is 12.8 Å². The van der Waals surface area contributed by atoms with E-state index < -0.39 is 0 Å². The molecule has 0 spiro atoms. The van der Waals surface area contributed by atoms with Crippen molar-refractivity contribution >= 4 is 45.0 Å². The molecule has 5 heteroatoms. The Bertz CT molecular complexity index is 825. The van der Waals surface area contributed by atoms with Gasteiger partial charge in [0.15, 0.2) is 0 Å². The molecule has 2 aromatic carbocycles. The van der Waals surface area contributed by atoms with Gasteiger partial charge in [0.2, 0.25) is 0 Å². The lowest BCUT2D eigenvalue weighted by atomic mass is 10.1. The normalized spacial score (nSPS) is 16.1. The van der Waals surface area contributed by atoms with E-state index in [0.29, 0.717) is 0 Å². The van der Waals surface area contributed by atoms with Gasteiger partial charge in [-0.2, -0.15) is 0 Å². The van der Waals surface area contributed by atoms with E-state index in [-0.39, 0.29) is 0 Å². The van der Waals surface area contributed by atoms with Gasteiger partial charge in [0.25, 0.3) is 0 Å². The minimum absolute atomic E-state index is 0.763. The predicted molar refractivity (Wildman–Crippen MR) is 106 cm³/mol. The molecule has 0 saturated carbocycles. The highest BCUT2D eigenvalue weighted by Crippen LogP contribution is 2.33. The van der Waals surface area contributed by atoms with Gasteiger partial charge in [-0.1, -0.05) is 23.2 Å². The fourth-order valence-corrected chi connectivity index (χ4v) is 4.06. The standard InChI is InChI=1S/C20H22Cl2N2O/c21-15-3-5-19-17(13-15)18-14-16(22)4-6-20(18)24(19)8-2-1-7-23-9-11-25-12-10-23/h3-6,13-14H,1-2,7-12H2. The van der Waals surface area contributed by atoms with Gasteiger partial charge >= 0.3 is 0 Å². The molecule has 0 atom stereocenters. The number of halogens is 2. The average molecular weight is 377 g/mol. The highest BCUT2D eigenvalue weighted by molar-refractivity contribution is 6.33. The molecule has 1 aliphatic rings. The summed E-state index contributed by atoms with van der Waals surface area (Å²) in [7, 11) is 0. The molecule has 0 N–H and O–H groups in total. The molecule has 25 heavy (non-hydrogen) atoms. The van der Waals surface area contributed by atoms with Crippen LogP contribution in [0.2, 0.25) is 10.0 Å². The SMILES string of the molecule is Clc1ccc2c(c1)c1cc(Cl)ccc1n2CCCCN1CCOCC1. The van der Waals surface area contributed by atoms with E-state index in [1.165, 1.54) is 28.2 Å². The van der Waals surface area contributed by atoms with E-state index >= 15 is 0 Å². The maximum absolute atomic E-state index is 6.22. The first-order chi connectivity index (χ1) is 12.2. The van der Waals surface area contributed by atoms with E-state index in [1.54, 1.807) is 0 Å². The summed E-state index contributed by atoms with van der Waals surface area (Å²) < 4.78 is 7.81. The van der Waals surface area contributed by atoms with Gasteiger partial charge in [-0.25, -0.2) is 0 Å². The van der Waals surface area contributed by atoms with Gasteiger partial charge < -0.3 is 9.30 Å². The zero-order valence-electron chi connectivity index (χ0n) is 14.2. The summed E-state index contributed by atoms with van der Waals surface area (Å²) in [5.41, 5.74) is 2.46. The molecule has 0 radical (unpaired) electrons. The first-order valence-electron chi connectivity index (χ1n) is 8.89. The van der Waals surface area contributed by atoms with E-state index in [9.17, 15) is 0 Å². The lowest BCUT2D eigenvalue weighted by Gasteiger charge is -2.26. The third kappa shape index (κ3) is 3.65. The molecule has 1 saturated heterocycles. The van der Waals surface area contributed by atoms with Gasteiger partial charge in [0.1, 0.15) is 0 Å². The summed E-state index contributed by atoms with van der Waals surface area (Å²) in [6.45, 7) is 6.02. The van der Waals surface area contributed by atoms with Crippen LogP contribution in [0.5, 0.6) is 0 Å². The van der Waals surface area contributed by atoms with Crippen molar-refractivity contribution in [3.05, 3.63) is 46.4 Å². The summed E-state index contributed by atoms with van der Waals surface area (Å²) >= 11 is 12.4. The lowest BCUT2D eigenvalue weighted by Crippen LogP contribution is -2.36. The van der Waals surface area contributed by atoms with Crippen molar-refractivity contribution in [3.63, 3.8) is 0 Å². The number of rotatable bonds is 5. The van der Waals surface area contributed by atoms with Gasteiger partial charge in [-0.05, 0) is 55.8 Å². The zero-order chi connectivity index (χ0) is 17.2. The molecule has 0 amide bonds. The summed E-state index contributed by atoms with van der Waals surface area (Å²) in [5.74, 6) is 0. The Labute approximate surface area is 158 Å². The van der Waals surface area contributed by atoms with Crippen molar-refractivity contribution in [1.82, 2.24) is 9.47 Å². The van der Waals surface area contributed by atoms with Crippen LogP contribution in [0.4, 0.5) is 0 Å². The molecule has 0 aliphatic carbocycles. The highest BCUT2D eigenvalue weighted by atomic mass is 35.5. The van der Waals surface area contributed by atoms with Crippen LogP contribution in [0.25, 0.3) is 21.8 Å². The van der Waals surface area contributed by atoms with E-state index in [1.807, 2.05) is 24.3 Å². The van der Waals surface area contributed by atoms with Crippen LogP contribution in [0.3, 0.4) is 0 Å². The average Bonchev–Trinajstić information content (AvgIpc) is 2.92. The van der Waals surface area contributed by atoms with Crippen LogP contribution in [-0.2, 0) is 11.3 Å². The monoisotopic (exact) mass is 376 g/mol. The summed E-state index contributed by atoms with van der Waals surface area (Å²) in [5, 5.41) is 3.88. The van der Waals surface area contributed by atoms with Crippen molar-refractivity contribution in [2.75, 3.05) is 32.8 Å². The summed E-state index contributed by atoms with van der Waals surface area (Å²) in [6.07, 6.45) is 2.35. The first-order valence-corrected chi connectivity index (χ1v) is 9.65. The van der Waals surface area contributed by atoms with Crippen molar-refractivity contribution < 1.29 is 4.74 Å². The maximum Gasteiger partial charge on any atom is 0.0594 e. The number of morpholine rings is 1.